The van der Waals surface area contributed by atoms with Crippen LogP contribution in [0.5, 0.6) is 5.75 Å². The van der Waals surface area contributed by atoms with Crippen molar-refractivity contribution in [1.82, 2.24) is 9.97 Å². The first-order valence-corrected chi connectivity index (χ1v) is 6.61. The molecule has 3 rings (SSSR count). The molecule has 0 spiro atoms. The van der Waals surface area contributed by atoms with Crippen LogP contribution < -0.4 is 4.74 Å². The van der Waals surface area contributed by atoms with E-state index in [2.05, 4.69) is 14.7 Å². The number of alkyl halides is 3. The van der Waals surface area contributed by atoms with Gasteiger partial charge in [0.2, 0.25) is 0 Å². The van der Waals surface area contributed by atoms with E-state index in [1.807, 2.05) is 0 Å². The topological polar surface area (TPSA) is 58.1 Å². The molecule has 3 aromatic rings. The van der Waals surface area contributed by atoms with E-state index in [1.54, 1.807) is 0 Å². The highest BCUT2D eigenvalue weighted by atomic mass is 19.4. The van der Waals surface area contributed by atoms with Crippen molar-refractivity contribution in [2.24, 2.45) is 0 Å². The molecule has 0 aliphatic carbocycles. The SMILES string of the molecule is OC(c1ccc(OC(F)(F)F)c(F)c1)c1nc2ccc(F)cc2[nH]1. The standard InChI is InChI=1S/C15H9F5N2O2/c16-8-2-3-10-11(6-8)22-14(21-10)13(23)7-1-4-12(9(17)5-7)24-15(18,19)20/h1-6,13,23H,(H,21,22). The highest BCUT2D eigenvalue weighted by Crippen LogP contribution is 2.29. The van der Waals surface area contributed by atoms with E-state index in [1.165, 1.54) is 18.2 Å². The van der Waals surface area contributed by atoms with Gasteiger partial charge in [0.1, 0.15) is 17.7 Å². The number of aromatic amines is 1. The number of aliphatic hydroxyl groups excluding tert-OH is 1. The van der Waals surface area contributed by atoms with Gasteiger partial charge in [-0.1, -0.05) is 6.07 Å². The van der Waals surface area contributed by atoms with Gasteiger partial charge in [0, 0.05) is 0 Å². The molecular formula is C15H9F5N2O2. The lowest BCUT2D eigenvalue weighted by molar-refractivity contribution is -0.275. The maximum atomic E-state index is 13.7. The minimum Gasteiger partial charge on any atom is -0.403 e. The Bertz CT molecular complexity index is 891. The largest absolute Gasteiger partial charge is 0.573 e. The van der Waals surface area contributed by atoms with E-state index < -0.39 is 29.9 Å². The number of ether oxygens (including phenoxy) is 1. The summed E-state index contributed by atoms with van der Waals surface area (Å²) >= 11 is 0. The monoisotopic (exact) mass is 344 g/mol. The number of fused-ring (bicyclic) bond motifs is 1. The number of imidazole rings is 1. The molecule has 1 atom stereocenters. The zero-order valence-electron chi connectivity index (χ0n) is 11.7. The first-order valence-electron chi connectivity index (χ1n) is 6.61. The van der Waals surface area contributed by atoms with Gasteiger partial charge < -0.3 is 14.8 Å². The van der Waals surface area contributed by atoms with E-state index in [0.717, 1.165) is 12.1 Å². The second-order valence-corrected chi connectivity index (χ2v) is 4.92. The summed E-state index contributed by atoms with van der Waals surface area (Å²) in [6.45, 7) is 0. The quantitative estimate of drug-likeness (QED) is 0.710. The molecule has 0 saturated carbocycles. The van der Waals surface area contributed by atoms with Crippen molar-refractivity contribution in [1.29, 1.82) is 0 Å². The molecule has 2 N–H and O–H groups in total. The summed E-state index contributed by atoms with van der Waals surface area (Å²) in [4.78, 5) is 6.71. The Morgan fingerprint density at radius 2 is 1.83 bits per heavy atom. The van der Waals surface area contributed by atoms with Gasteiger partial charge >= 0.3 is 6.36 Å². The van der Waals surface area contributed by atoms with Crippen LogP contribution in [0.4, 0.5) is 22.0 Å². The summed E-state index contributed by atoms with van der Waals surface area (Å²) in [6, 6.07) is 6.27. The average molecular weight is 344 g/mol. The molecule has 0 aliphatic heterocycles. The molecule has 0 amide bonds. The number of hydrogen-bond donors (Lipinski definition) is 2. The highest BCUT2D eigenvalue weighted by molar-refractivity contribution is 5.75. The lowest BCUT2D eigenvalue weighted by atomic mass is 10.1. The third-order valence-electron chi connectivity index (χ3n) is 3.22. The predicted octanol–water partition coefficient (Wildman–Crippen LogP) is 3.82. The van der Waals surface area contributed by atoms with E-state index in [9.17, 15) is 27.1 Å². The average Bonchev–Trinajstić information content (AvgIpc) is 2.90. The van der Waals surface area contributed by atoms with Crippen LogP contribution >= 0.6 is 0 Å². The number of nitrogens with one attached hydrogen (secondary N) is 1. The van der Waals surface area contributed by atoms with Gasteiger partial charge in [-0.25, -0.2) is 13.8 Å². The number of nitrogens with zero attached hydrogens (tertiary/aromatic N) is 1. The van der Waals surface area contributed by atoms with Crippen LogP contribution in [0.25, 0.3) is 11.0 Å². The molecule has 1 heterocycles. The Labute approximate surface area is 131 Å². The predicted molar refractivity (Wildman–Crippen MR) is 73.2 cm³/mol. The molecule has 0 fully saturated rings. The second kappa shape index (κ2) is 5.75. The molecule has 126 valence electrons. The van der Waals surface area contributed by atoms with Gasteiger partial charge in [-0.3, -0.25) is 0 Å². The number of hydrogen-bond acceptors (Lipinski definition) is 3. The van der Waals surface area contributed by atoms with Crippen LogP contribution in [-0.2, 0) is 0 Å². The summed E-state index contributed by atoms with van der Waals surface area (Å²) in [5.74, 6) is -2.80. The molecule has 9 heteroatoms. The fourth-order valence-electron chi connectivity index (χ4n) is 2.18. The van der Waals surface area contributed by atoms with Crippen molar-refractivity contribution in [3.05, 3.63) is 59.4 Å². The lowest BCUT2D eigenvalue weighted by Gasteiger charge is -2.12. The molecule has 1 unspecified atom stereocenters. The number of benzene rings is 2. The van der Waals surface area contributed by atoms with Gasteiger partial charge in [-0.2, -0.15) is 0 Å². The first kappa shape index (κ1) is 16.2. The Morgan fingerprint density at radius 3 is 2.50 bits per heavy atom. The molecule has 0 radical (unpaired) electrons. The smallest absolute Gasteiger partial charge is 0.403 e. The van der Waals surface area contributed by atoms with Crippen LogP contribution in [0, 0.1) is 11.6 Å². The van der Waals surface area contributed by atoms with E-state index in [4.69, 9.17) is 0 Å². The van der Waals surface area contributed by atoms with Gasteiger partial charge in [-0.05, 0) is 35.9 Å². The van der Waals surface area contributed by atoms with Gasteiger partial charge in [0.25, 0.3) is 0 Å². The lowest BCUT2D eigenvalue weighted by Crippen LogP contribution is -2.18. The Kier molecular flexibility index (Phi) is 3.88. The van der Waals surface area contributed by atoms with E-state index in [0.29, 0.717) is 17.1 Å². The van der Waals surface area contributed by atoms with Crippen LogP contribution in [0.2, 0.25) is 0 Å². The maximum absolute atomic E-state index is 13.7. The van der Waals surface area contributed by atoms with Crippen molar-refractivity contribution in [2.75, 3.05) is 0 Å². The second-order valence-electron chi connectivity index (χ2n) is 4.92. The summed E-state index contributed by atoms with van der Waals surface area (Å²) in [5, 5.41) is 10.2. The zero-order valence-corrected chi connectivity index (χ0v) is 11.7. The number of aliphatic hydroxyl groups is 1. The maximum Gasteiger partial charge on any atom is 0.573 e. The number of aromatic nitrogens is 2. The van der Waals surface area contributed by atoms with Gasteiger partial charge in [-0.15, -0.1) is 13.2 Å². The van der Waals surface area contributed by atoms with Crippen molar-refractivity contribution < 1.29 is 31.8 Å². The Hall–Kier alpha value is -2.68. The minimum atomic E-state index is -5.02. The van der Waals surface area contributed by atoms with Crippen molar-refractivity contribution in [3.8, 4) is 5.75 Å². The van der Waals surface area contributed by atoms with Gasteiger partial charge in [0.05, 0.1) is 11.0 Å². The highest BCUT2D eigenvalue weighted by Gasteiger charge is 2.32. The third kappa shape index (κ3) is 3.30. The molecule has 4 nitrogen and oxygen atoms in total. The van der Waals surface area contributed by atoms with Crippen LogP contribution in [0.15, 0.2) is 36.4 Å². The van der Waals surface area contributed by atoms with Crippen molar-refractivity contribution in [3.63, 3.8) is 0 Å². The molecule has 0 aliphatic rings. The first-order chi connectivity index (χ1) is 11.2. The normalized spacial score (nSPS) is 13.2. The fraction of sp³-hybridized carbons (Fsp3) is 0.133. The molecular weight excluding hydrogens is 335 g/mol. The number of rotatable bonds is 3. The molecule has 24 heavy (non-hydrogen) atoms. The third-order valence-corrected chi connectivity index (χ3v) is 3.22. The fourth-order valence-corrected chi connectivity index (χ4v) is 2.18. The van der Waals surface area contributed by atoms with E-state index in [-0.39, 0.29) is 11.4 Å². The van der Waals surface area contributed by atoms with Gasteiger partial charge in [0.15, 0.2) is 11.6 Å². The van der Waals surface area contributed by atoms with Crippen molar-refractivity contribution in [2.45, 2.75) is 12.5 Å². The van der Waals surface area contributed by atoms with Crippen LogP contribution in [0.3, 0.4) is 0 Å². The van der Waals surface area contributed by atoms with E-state index >= 15 is 0 Å². The number of halogens is 5. The molecule has 2 aromatic carbocycles. The summed E-state index contributed by atoms with van der Waals surface area (Å²) in [6.07, 6.45) is -6.46. The minimum absolute atomic E-state index is 0.000472. The molecule has 0 saturated heterocycles. The number of H-pyrrole nitrogens is 1. The molecule has 0 bridgehead atoms. The summed E-state index contributed by atoms with van der Waals surface area (Å²) < 4.78 is 66.7. The van der Waals surface area contributed by atoms with Crippen LogP contribution in [0.1, 0.15) is 17.5 Å². The summed E-state index contributed by atoms with van der Waals surface area (Å²) in [7, 11) is 0. The Balaban J connectivity index is 1.91. The van der Waals surface area contributed by atoms with Crippen LogP contribution in [-0.4, -0.2) is 21.4 Å². The zero-order chi connectivity index (χ0) is 17.5. The summed E-state index contributed by atoms with van der Waals surface area (Å²) in [5.41, 5.74) is 0.658. The molecule has 1 aromatic heterocycles. The van der Waals surface area contributed by atoms with Crippen molar-refractivity contribution >= 4 is 11.0 Å². The Morgan fingerprint density at radius 1 is 1.08 bits per heavy atom.